The molecule has 2 aromatic carbocycles. The molecule has 3 rings (SSSR count). The zero-order valence-corrected chi connectivity index (χ0v) is 17.0. The summed E-state index contributed by atoms with van der Waals surface area (Å²) in [4.78, 5) is 34.9. The summed E-state index contributed by atoms with van der Waals surface area (Å²) in [5.74, 6) is -3.40. The van der Waals surface area contributed by atoms with Gasteiger partial charge in [-0.2, -0.15) is 13.2 Å². The van der Waals surface area contributed by atoms with Gasteiger partial charge < -0.3 is 25.2 Å². The quantitative estimate of drug-likeness (QED) is 0.628. The van der Waals surface area contributed by atoms with Gasteiger partial charge in [-0.25, -0.2) is 9.59 Å². The summed E-state index contributed by atoms with van der Waals surface area (Å²) in [6.07, 6.45) is -2.90. The molecule has 3 N–H and O–H groups in total. The lowest BCUT2D eigenvalue weighted by molar-refractivity contribution is -0.192. The minimum absolute atomic E-state index is 0.146. The number of carboxylic acid groups (broad SMARTS) is 2. The van der Waals surface area contributed by atoms with E-state index < -0.39 is 18.1 Å². The second-order valence-electron chi connectivity index (χ2n) is 6.72. The molecule has 0 aliphatic carbocycles. The number of amides is 1. The smallest absolute Gasteiger partial charge is 0.490 e. The van der Waals surface area contributed by atoms with Crippen molar-refractivity contribution in [2.75, 3.05) is 30.4 Å². The van der Waals surface area contributed by atoms with Crippen molar-refractivity contribution < 1.29 is 42.5 Å². The predicted molar refractivity (Wildman–Crippen MR) is 109 cm³/mol. The molecule has 1 saturated heterocycles. The van der Waals surface area contributed by atoms with Crippen LogP contribution in [-0.2, 0) is 4.79 Å². The van der Waals surface area contributed by atoms with Crippen LogP contribution in [0.1, 0.15) is 33.6 Å². The molecular weight excluding hydrogens is 433 g/mol. The van der Waals surface area contributed by atoms with Gasteiger partial charge in [0.2, 0.25) is 0 Å². The zero-order chi connectivity index (χ0) is 23.9. The van der Waals surface area contributed by atoms with E-state index in [1.54, 1.807) is 43.5 Å². The molecule has 0 saturated carbocycles. The van der Waals surface area contributed by atoms with E-state index in [0.717, 1.165) is 31.6 Å². The second-order valence-corrected chi connectivity index (χ2v) is 6.72. The van der Waals surface area contributed by atoms with Crippen molar-refractivity contribution in [3.05, 3.63) is 53.6 Å². The van der Waals surface area contributed by atoms with Crippen LogP contribution < -0.4 is 15.0 Å². The summed E-state index contributed by atoms with van der Waals surface area (Å²) in [5.41, 5.74) is 1.99. The largest absolute Gasteiger partial charge is 0.497 e. The molecule has 8 nitrogen and oxygen atoms in total. The molecule has 1 amide bonds. The zero-order valence-electron chi connectivity index (χ0n) is 17.0. The Morgan fingerprint density at radius 3 is 1.97 bits per heavy atom. The van der Waals surface area contributed by atoms with Gasteiger partial charge in [0.15, 0.2) is 0 Å². The summed E-state index contributed by atoms with van der Waals surface area (Å²) in [7, 11) is 1.56. The molecule has 11 heteroatoms. The van der Waals surface area contributed by atoms with Gasteiger partial charge in [0, 0.05) is 18.7 Å². The van der Waals surface area contributed by atoms with Crippen LogP contribution >= 0.6 is 0 Å². The topological polar surface area (TPSA) is 116 Å². The third kappa shape index (κ3) is 6.62. The molecule has 1 aliphatic rings. The molecule has 0 atom stereocenters. The van der Waals surface area contributed by atoms with E-state index in [2.05, 4.69) is 10.2 Å². The first-order chi connectivity index (χ1) is 15.0. The average molecular weight is 454 g/mol. The Hall–Kier alpha value is -3.76. The van der Waals surface area contributed by atoms with Gasteiger partial charge in [-0.3, -0.25) is 4.79 Å². The third-order valence-electron chi connectivity index (χ3n) is 4.53. The summed E-state index contributed by atoms with van der Waals surface area (Å²) in [5, 5.41) is 19.2. The third-order valence-corrected chi connectivity index (χ3v) is 4.53. The number of ether oxygens (including phenoxy) is 1. The van der Waals surface area contributed by atoms with E-state index in [4.69, 9.17) is 14.6 Å². The van der Waals surface area contributed by atoms with E-state index in [-0.39, 0.29) is 11.5 Å². The Morgan fingerprint density at radius 2 is 1.50 bits per heavy atom. The van der Waals surface area contributed by atoms with Crippen LogP contribution in [0.5, 0.6) is 5.75 Å². The first kappa shape index (κ1) is 24.5. The van der Waals surface area contributed by atoms with Crippen molar-refractivity contribution in [3.63, 3.8) is 0 Å². The Kier molecular flexibility index (Phi) is 8.05. The van der Waals surface area contributed by atoms with Crippen molar-refractivity contribution in [1.82, 2.24) is 0 Å². The molecule has 0 bridgehead atoms. The Bertz CT molecular complexity index is 970. The SMILES string of the molecule is COc1ccc(C(=O)Nc2cc(C(=O)O)ccc2N2CCCC2)cc1.O=C(O)C(F)(F)F. The van der Waals surface area contributed by atoms with E-state index in [1.165, 1.54) is 6.07 Å². The Labute approximate surface area is 181 Å². The number of anilines is 2. The molecule has 0 unspecified atom stereocenters. The van der Waals surface area contributed by atoms with E-state index in [9.17, 15) is 27.9 Å². The number of nitrogens with zero attached hydrogens (tertiary/aromatic N) is 1. The number of carbonyl (C=O) groups is 3. The van der Waals surface area contributed by atoms with Gasteiger partial charge in [0.1, 0.15) is 5.75 Å². The van der Waals surface area contributed by atoms with Gasteiger partial charge in [0.25, 0.3) is 5.91 Å². The molecule has 0 spiro atoms. The van der Waals surface area contributed by atoms with Crippen molar-refractivity contribution in [3.8, 4) is 5.75 Å². The highest BCUT2D eigenvalue weighted by atomic mass is 19.4. The van der Waals surface area contributed by atoms with Crippen LogP contribution in [-0.4, -0.2) is 54.4 Å². The lowest BCUT2D eigenvalue weighted by Crippen LogP contribution is -2.21. The fraction of sp³-hybridized carbons (Fsp3) is 0.286. The molecule has 1 heterocycles. The summed E-state index contributed by atoms with van der Waals surface area (Å²) < 4.78 is 36.8. The van der Waals surface area contributed by atoms with Crippen molar-refractivity contribution in [2.24, 2.45) is 0 Å². The average Bonchev–Trinajstić information content (AvgIpc) is 3.28. The molecule has 0 radical (unpaired) electrons. The highest BCUT2D eigenvalue weighted by molar-refractivity contribution is 6.06. The molecule has 32 heavy (non-hydrogen) atoms. The van der Waals surface area contributed by atoms with E-state index >= 15 is 0 Å². The number of rotatable bonds is 5. The maximum absolute atomic E-state index is 12.5. The van der Waals surface area contributed by atoms with Gasteiger partial charge in [-0.15, -0.1) is 0 Å². The summed E-state index contributed by atoms with van der Waals surface area (Å²) >= 11 is 0. The maximum atomic E-state index is 12.5. The molecular formula is C21H21F3N2O6. The normalized spacial score (nSPS) is 13.1. The molecule has 172 valence electrons. The lowest BCUT2D eigenvalue weighted by atomic mass is 10.1. The van der Waals surface area contributed by atoms with Crippen LogP contribution in [0.15, 0.2) is 42.5 Å². The van der Waals surface area contributed by atoms with Gasteiger partial charge in [-0.1, -0.05) is 0 Å². The number of benzene rings is 2. The number of hydrogen-bond donors (Lipinski definition) is 3. The summed E-state index contributed by atoms with van der Waals surface area (Å²) in [6, 6.07) is 11.6. The van der Waals surface area contributed by atoms with Crippen LogP contribution in [0, 0.1) is 0 Å². The second kappa shape index (κ2) is 10.5. The number of carboxylic acids is 2. The van der Waals surface area contributed by atoms with Crippen molar-refractivity contribution >= 4 is 29.2 Å². The van der Waals surface area contributed by atoms with Crippen LogP contribution in [0.4, 0.5) is 24.5 Å². The van der Waals surface area contributed by atoms with Gasteiger partial charge >= 0.3 is 18.1 Å². The fourth-order valence-corrected chi connectivity index (χ4v) is 2.94. The van der Waals surface area contributed by atoms with Crippen LogP contribution in [0.25, 0.3) is 0 Å². The monoisotopic (exact) mass is 454 g/mol. The number of carbonyl (C=O) groups excluding carboxylic acids is 1. The maximum Gasteiger partial charge on any atom is 0.490 e. The number of halogens is 3. The molecule has 1 fully saturated rings. The minimum Gasteiger partial charge on any atom is -0.497 e. The first-order valence-electron chi connectivity index (χ1n) is 9.40. The van der Waals surface area contributed by atoms with Crippen molar-refractivity contribution in [2.45, 2.75) is 19.0 Å². The van der Waals surface area contributed by atoms with Gasteiger partial charge in [0.05, 0.1) is 24.0 Å². The number of hydrogen-bond acceptors (Lipinski definition) is 5. The van der Waals surface area contributed by atoms with E-state index in [0.29, 0.717) is 17.0 Å². The molecule has 2 aromatic rings. The Morgan fingerprint density at radius 1 is 0.969 bits per heavy atom. The van der Waals surface area contributed by atoms with Crippen LogP contribution in [0.2, 0.25) is 0 Å². The number of aliphatic carboxylic acids is 1. The number of aromatic carboxylic acids is 1. The molecule has 0 aromatic heterocycles. The lowest BCUT2D eigenvalue weighted by Gasteiger charge is -2.22. The first-order valence-corrected chi connectivity index (χ1v) is 9.40. The summed E-state index contributed by atoms with van der Waals surface area (Å²) in [6.45, 7) is 1.80. The number of nitrogens with one attached hydrogen (secondary N) is 1. The van der Waals surface area contributed by atoms with E-state index in [1.807, 2.05) is 0 Å². The highest BCUT2D eigenvalue weighted by Gasteiger charge is 2.38. The predicted octanol–water partition coefficient (Wildman–Crippen LogP) is 3.88. The standard InChI is InChI=1S/C19H20N2O4.C2HF3O2/c1-25-15-7-4-13(5-8-15)18(22)20-16-12-14(19(23)24)6-9-17(16)21-10-2-3-11-21;3-2(4,5)1(6)7/h4-9,12H,2-3,10-11H2,1H3,(H,20,22)(H,23,24);(H,6,7). The van der Waals surface area contributed by atoms with Crippen molar-refractivity contribution in [1.29, 1.82) is 0 Å². The number of alkyl halides is 3. The highest BCUT2D eigenvalue weighted by Crippen LogP contribution is 2.30. The minimum atomic E-state index is -5.08. The fourth-order valence-electron chi connectivity index (χ4n) is 2.94. The molecule has 1 aliphatic heterocycles. The Balaban J connectivity index is 0.000000451. The number of methoxy groups -OCH3 is 1. The van der Waals surface area contributed by atoms with Crippen LogP contribution in [0.3, 0.4) is 0 Å². The van der Waals surface area contributed by atoms with Gasteiger partial charge in [-0.05, 0) is 55.3 Å².